The third-order valence-corrected chi connectivity index (χ3v) is 5.60. The van der Waals surface area contributed by atoms with E-state index in [1.165, 1.54) is 0 Å². The Kier molecular flexibility index (Phi) is 7.63. The number of hydrogen-bond donors (Lipinski definition) is 0. The van der Waals surface area contributed by atoms with Crippen molar-refractivity contribution in [1.82, 2.24) is 9.80 Å². The van der Waals surface area contributed by atoms with Gasteiger partial charge in [-0.15, -0.1) is 0 Å². The predicted octanol–water partition coefficient (Wildman–Crippen LogP) is 3.05. The van der Waals surface area contributed by atoms with Gasteiger partial charge in [0.15, 0.2) is 18.1 Å². The van der Waals surface area contributed by atoms with Crippen molar-refractivity contribution in [3.63, 3.8) is 0 Å². The van der Waals surface area contributed by atoms with E-state index in [1.54, 1.807) is 21.3 Å². The zero-order valence-corrected chi connectivity index (χ0v) is 19.1. The van der Waals surface area contributed by atoms with Crippen LogP contribution in [0, 0.1) is 13.8 Å². The van der Waals surface area contributed by atoms with Gasteiger partial charge in [-0.3, -0.25) is 9.69 Å². The topological polar surface area (TPSA) is 60.5 Å². The highest BCUT2D eigenvalue weighted by atomic mass is 16.5. The van der Waals surface area contributed by atoms with Crippen molar-refractivity contribution in [2.75, 3.05) is 54.1 Å². The number of methoxy groups -OCH3 is 3. The first kappa shape index (κ1) is 22.7. The number of ether oxygens (including phenoxy) is 4. The molecule has 0 bridgehead atoms. The molecule has 0 unspecified atom stereocenters. The van der Waals surface area contributed by atoms with E-state index in [0.29, 0.717) is 36.9 Å². The van der Waals surface area contributed by atoms with E-state index in [1.807, 2.05) is 49.1 Å². The van der Waals surface area contributed by atoms with E-state index in [0.717, 1.165) is 35.5 Å². The molecular formula is C24H32N2O5. The SMILES string of the molecule is COc1ccc(CN2CCN(C(=O)COc3cc(C)ccc3C)CC2)c(OC)c1OC. The third kappa shape index (κ3) is 5.41. The van der Waals surface area contributed by atoms with Crippen molar-refractivity contribution in [2.24, 2.45) is 0 Å². The highest BCUT2D eigenvalue weighted by molar-refractivity contribution is 5.78. The molecule has 0 saturated carbocycles. The highest BCUT2D eigenvalue weighted by Crippen LogP contribution is 2.40. The normalized spacial score (nSPS) is 14.3. The van der Waals surface area contributed by atoms with Gasteiger partial charge in [0.1, 0.15) is 5.75 Å². The largest absolute Gasteiger partial charge is 0.493 e. The van der Waals surface area contributed by atoms with Crippen LogP contribution in [0.1, 0.15) is 16.7 Å². The fraction of sp³-hybridized carbons (Fsp3) is 0.458. The molecule has 0 aromatic heterocycles. The van der Waals surface area contributed by atoms with Crippen LogP contribution >= 0.6 is 0 Å². The summed E-state index contributed by atoms with van der Waals surface area (Å²) in [6, 6.07) is 9.90. The second kappa shape index (κ2) is 10.4. The van der Waals surface area contributed by atoms with Crippen molar-refractivity contribution in [3.8, 4) is 23.0 Å². The van der Waals surface area contributed by atoms with Gasteiger partial charge in [-0.2, -0.15) is 0 Å². The van der Waals surface area contributed by atoms with E-state index >= 15 is 0 Å². The van der Waals surface area contributed by atoms with E-state index in [4.69, 9.17) is 18.9 Å². The Morgan fingerprint density at radius 3 is 2.23 bits per heavy atom. The molecule has 1 fully saturated rings. The summed E-state index contributed by atoms with van der Waals surface area (Å²) in [5.74, 6) is 2.71. The van der Waals surface area contributed by atoms with Gasteiger partial charge < -0.3 is 23.8 Å². The van der Waals surface area contributed by atoms with Gasteiger partial charge in [-0.05, 0) is 37.1 Å². The summed E-state index contributed by atoms with van der Waals surface area (Å²) in [6.45, 7) is 7.69. The summed E-state index contributed by atoms with van der Waals surface area (Å²) in [4.78, 5) is 16.8. The predicted molar refractivity (Wildman–Crippen MR) is 119 cm³/mol. The Labute approximate surface area is 184 Å². The minimum atomic E-state index is 0.0178. The van der Waals surface area contributed by atoms with Crippen molar-refractivity contribution in [1.29, 1.82) is 0 Å². The number of nitrogens with zero attached hydrogens (tertiary/aromatic N) is 2. The monoisotopic (exact) mass is 428 g/mol. The second-order valence-electron chi connectivity index (χ2n) is 7.71. The summed E-state index contributed by atoms with van der Waals surface area (Å²) < 4.78 is 22.2. The number of piperazine rings is 1. The fourth-order valence-electron chi connectivity index (χ4n) is 3.78. The fourth-order valence-corrected chi connectivity index (χ4v) is 3.78. The number of carbonyl (C=O) groups excluding carboxylic acids is 1. The van der Waals surface area contributed by atoms with Crippen LogP contribution < -0.4 is 18.9 Å². The first-order valence-corrected chi connectivity index (χ1v) is 10.4. The molecule has 7 heteroatoms. The lowest BCUT2D eigenvalue weighted by Gasteiger charge is -2.35. The number of benzene rings is 2. The van der Waals surface area contributed by atoms with Crippen LogP contribution in [-0.2, 0) is 11.3 Å². The number of rotatable bonds is 8. The first-order valence-electron chi connectivity index (χ1n) is 10.4. The molecule has 1 amide bonds. The van der Waals surface area contributed by atoms with Crippen molar-refractivity contribution in [3.05, 3.63) is 47.0 Å². The summed E-state index contributed by atoms with van der Waals surface area (Å²) >= 11 is 0. The summed E-state index contributed by atoms with van der Waals surface area (Å²) in [7, 11) is 4.85. The molecule has 1 aliphatic heterocycles. The molecular weight excluding hydrogens is 396 g/mol. The number of carbonyl (C=O) groups is 1. The maximum absolute atomic E-state index is 12.6. The van der Waals surface area contributed by atoms with Crippen LogP contribution in [0.5, 0.6) is 23.0 Å². The molecule has 0 atom stereocenters. The van der Waals surface area contributed by atoms with Gasteiger partial charge >= 0.3 is 0 Å². The summed E-state index contributed by atoms with van der Waals surface area (Å²) in [5, 5.41) is 0. The molecule has 0 spiro atoms. The second-order valence-corrected chi connectivity index (χ2v) is 7.71. The molecule has 0 N–H and O–H groups in total. The van der Waals surface area contributed by atoms with Gasteiger partial charge in [-0.25, -0.2) is 0 Å². The average molecular weight is 429 g/mol. The molecule has 0 aliphatic carbocycles. The summed E-state index contributed by atoms with van der Waals surface area (Å²) in [6.07, 6.45) is 0. The maximum atomic E-state index is 12.6. The highest BCUT2D eigenvalue weighted by Gasteiger charge is 2.24. The van der Waals surface area contributed by atoms with Gasteiger partial charge in [0.25, 0.3) is 5.91 Å². The minimum absolute atomic E-state index is 0.0178. The first-order chi connectivity index (χ1) is 15.0. The van der Waals surface area contributed by atoms with E-state index < -0.39 is 0 Å². The van der Waals surface area contributed by atoms with Crippen molar-refractivity contribution >= 4 is 5.91 Å². The zero-order valence-electron chi connectivity index (χ0n) is 19.1. The van der Waals surface area contributed by atoms with Crippen LogP contribution in [0.25, 0.3) is 0 Å². The maximum Gasteiger partial charge on any atom is 0.260 e. The van der Waals surface area contributed by atoms with Gasteiger partial charge in [0, 0.05) is 38.3 Å². The molecule has 0 radical (unpaired) electrons. The lowest BCUT2D eigenvalue weighted by atomic mass is 10.1. The van der Waals surface area contributed by atoms with Crippen molar-refractivity contribution < 1.29 is 23.7 Å². The Morgan fingerprint density at radius 1 is 0.871 bits per heavy atom. The average Bonchev–Trinajstić information content (AvgIpc) is 2.79. The van der Waals surface area contributed by atoms with Gasteiger partial charge in [0.2, 0.25) is 5.75 Å². The Morgan fingerprint density at radius 2 is 1.58 bits per heavy atom. The smallest absolute Gasteiger partial charge is 0.260 e. The Balaban J connectivity index is 1.55. The molecule has 2 aromatic carbocycles. The minimum Gasteiger partial charge on any atom is -0.493 e. The Hall–Kier alpha value is -2.93. The molecule has 2 aromatic rings. The third-order valence-electron chi connectivity index (χ3n) is 5.60. The molecule has 31 heavy (non-hydrogen) atoms. The molecule has 1 saturated heterocycles. The van der Waals surface area contributed by atoms with Crippen LogP contribution in [0.15, 0.2) is 30.3 Å². The van der Waals surface area contributed by atoms with Gasteiger partial charge in [0.05, 0.1) is 21.3 Å². The molecule has 168 valence electrons. The van der Waals surface area contributed by atoms with E-state index in [2.05, 4.69) is 4.90 Å². The Bertz CT molecular complexity index is 907. The molecule has 1 heterocycles. The van der Waals surface area contributed by atoms with Crippen LogP contribution in [0.2, 0.25) is 0 Å². The molecule has 3 rings (SSSR count). The van der Waals surface area contributed by atoms with Crippen LogP contribution in [0.3, 0.4) is 0 Å². The molecule has 7 nitrogen and oxygen atoms in total. The number of amides is 1. The van der Waals surface area contributed by atoms with Crippen molar-refractivity contribution in [2.45, 2.75) is 20.4 Å². The quantitative estimate of drug-likeness (QED) is 0.644. The lowest BCUT2D eigenvalue weighted by molar-refractivity contribution is -0.135. The van der Waals surface area contributed by atoms with Gasteiger partial charge in [-0.1, -0.05) is 18.2 Å². The van der Waals surface area contributed by atoms with Crippen LogP contribution in [-0.4, -0.2) is 69.8 Å². The standard InChI is InChI=1S/C24H32N2O5/c1-17-6-7-18(2)21(14-17)31-16-22(27)26-12-10-25(11-13-26)15-19-8-9-20(28-3)24(30-5)23(19)29-4/h6-9,14H,10-13,15-16H2,1-5H3. The van der Waals surface area contributed by atoms with Crippen LogP contribution in [0.4, 0.5) is 0 Å². The lowest BCUT2D eigenvalue weighted by Crippen LogP contribution is -2.49. The number of hydrogen-bond acceptors (Lipinski definition) is 6. The van der Waals surface area contributed by atoms with E-state index in [-0.39, 0.29) is 12.5 Å². The number of aryl methyl sites for hydroxylation is 2. The molecule has 1 aliphatic rings. The summed E-state index contributed by atoms with van der Waals surface area (Å²) in [5.41, 5.74) is 3.18. The zero-order chi connectivity index (χ0) is 22.4. The van der Waals surface area contributed by atoms with E-state index in [9.17, 15) is 4.79 Å².